The Hall–Kier alpha value is -1.57. The molecule has 1 atom stereocenters. The van der Waals surface area contributed by atoms with Gasteiger partial charge >= 0.3 is 0 Å². The Bertz CT molecular complexity index is 473. The van der Waals surface area contributed by atoms with Crippen LogP contribution in [0, 0.1) is 5.92 Å². The fourth-order valence-corrected chi connectivity index (χ4v) is 3.60. The van der Waals surface area contributed by atoms with E-state index in [1.165, 1.54) is 37.7 Å². The number of benzene rings is 1. The van der Waals surface area contributed by atoms with Gasteiger partial charge in [0.1, 0.15) is 0 Å². The van der Waals surface area contributed by atoms with Gasteiger partial charge in [0.15, 0.2) is 5.78 Å². The second-order valence-corrected chi connectivity index (χ2v) is 6.11. The Kier molecular flexibility index (Phi) is 4.19. The van der Waals surface area contributed by atoms with E-state index in [9.17, 15) is 4.79 Å². The minimum atomic E-state index is 0.296. The quantitative estimate of drug-likeness (QED) is 0.829. The number of hydrogen-bond acceptors (Lipinski definition) is 2. The van der Waals surface area contributed by atoms with E-state index < -0.39 is 0 Å². The second-order valence-electron chi connectivity index (χ2n) is 6.11. The number of allylic oxidation sites excluding steroid dienone is 1. The van der Waals surface area contributed by atoms with E-state index >= 15 is 0 Å². The van der Waals surface area contributed by atoms with Gasteiger partial charge < -0.3 is 4.90 Å². The van der Waals surface area contributed by atoms with Crippen LogP contribution < -0.4 is 0 Å². The third-order valence-corrected chi connectivity index (χ3v) is 4.69. The van der Waals surface area contributed by atoms with Gasteiger partial charge in [-0.1, -0.05) is 49.6 Å². The number of rotatable bonds is 3. The number of carbonyl (C=O) groups excluding carboxylic acids is 1. The van der Waals surface area contributed by atoms with Crippen LogP contribution in [-0.4, -0.2) is 16.7 Å². The van der Waals surface area contributed by atoms with Gasteiger partial charge in [0, 0.05) is 25.2 Å². The highest BCUT2D eigenvalue weighted by molar-refractivity contribution is 5.90. The van der Waals surface area contributed by atoms with Gasteiger partial charge in [0.05, 0.1) is 0 Å². The SMILES string of the molecule is O=C1C=CN(Cc2ccccc2)C(C2CCCCC2)C1. The van der Waals surface area contributed by atoms with Crippen molar-refractivity contribution in [3.05, 3.63) is 48.2 Å². The van der Waals surface area contributed by atoms with Crippen LogP contribution in [-0.2, 0) is 11.3 Å². The maximum atomic E-state index is 11.8. The Balaban J connectivity index is 1.75. The molecule has 3 rings (SSSR count). The van der Waals surface area contributed by atoms with Crippen LogP contribution in [0.25, 0.3) is 0 Å². The molecule has 0 bridgehead atoms. The van der Waals surface area contributed by atoms with Crippen molar-refractivity contribution in [1.82, 2.24) is 4.90 Å². The summed E-state index contributed by atoms with van der Waals surface area (Å²) in [7, 11) is 0. The van der Waals surface area contributed by atoms with E-state index in [1.807, 2.05) is 6.20 Å². The molecular weight excluding hydrogens is 246 g/mol. The van der Waals surface area contributed by atoms with Crippen molar-refractivity contribution in [3.63, 3.8) is 0 Å². The first-order chi connectivity index (χ1) is 9.83. The lowest BCUT2D eigenvalue weighted by atomic mass is 9.80. The summed E-state index contributed by atoms with van der Waals surface area (Å²) in [6, 6.07) is 11.0. The normalized spacial score (nSPS) is 24.1. The van der Waals surface area contributed by atoms with Crippen molar-refractivity contribution < 1.29 is 4.79 Å². The van der Waals surface area contributed by atoms with Crippen LogP contribution in [0.3, 0.4) is 0 Å². The molecule has 0 N–H and O–H groups in total. The fraction of sp³-hybridized carbons (Fsp3) is 0.500. The van der Waals surface area contributed by atoms with Crippen molar-refractivity contribution in [2.24, 2.45) is 5.92 Å². The molecule has 1 saturated carbocycles. The molecular formula is C18H23NO. The molecule has 0 amide bonds. The van der Waals surface area contributed by atoms with E-state index in [0.29, 0.717) is 24.2 Å². The van der Waals surface area contributed by atoms with Gasteiger partial charge in [-0.05, 0) is 30.4 Å². The molecule has 20 heavy (non-hydrogen) atoms. The molecule has 1 aliphatic carbocycles. The number of nitrogens with zero attached hydrogens (tertiary/aromatic N) is 1. The molecule has 0 radical (unpaired) electrons. The van der Waals surface area contributed by atoms with Crippen LogP contribution in [0.15, 0.2) is 42.6 Å². The summed E-state index contributed by atoms with van der Waals surface area (Å²) in [4.78, 5) is 14.2. The average Bonchev–Trinajstić information content (AvgIpc) is 2.51. The zero-order valence-corrected chi connectivity index (χ0v) is 12.0. The Morgan fingerprint density at radius 2 is 1.80 bits per heavy atom. The molecule has 0 spiro atoms. The summed E-state index contributed by atoms with van der Waals surface area (Å²) in [5.41, 5.74) is 1.33. The second kappa shape index (κ2) is 6.25. The highest BCUT2D eigenvalue weighted by Crippen LogP contribution is 2.33. The molecule has 1 fully saturated rings. The monoisotopic (exact) mass is 269 g/mol. The lowest BCUT2D eigenvalue weighted by Crippen LogP contribution is -2.41. The lowest BCUT2D eigenvalue weighted by Gasteiger charge is -2.40. The molecule has 1 unspecified atom stereocenters. The molecule has 106 valence electrons. The minimum absolute atomic E-state index is 0.296. The molecule has 0 saturated heterocycles. The summed E-state index contributed by atoms with van der Waals surface area (Å²) >= 11 is 0. The summed E-state index contributed by atoms with van der Waals surface area (Å²) in [6.45, 7) is 0.922. The third kappa shape index (κ3) is 3.12. The fourth-order valence-electron chi connectivity index (χ4n) is 3.60. The summed E-state index contributed by atoms with van der Waals surface area (Å²) in [5, 5.41) is 0. The highest BCUT2D eigenvalue weighted by atomic mass is 16.1. The largest absolute Gasteiger partial charge is 0.369 e. The van der Waals surface area contributed by atoms with Crippen molar-refractivity contribution in [2.75, 3.05) is 0 Å². The van der Waals surface area contributed by atoms with Gasteiger partial charge in [-0.2, -0.15) is 0 Å². The van der Waals surface area contributed by atoms with Gasteiger partial charge in [-0.3, -0.25) is 4.79 Å². The number of ketones is 1. The minimum Gasteiger partial charge on any atom is -0.369 e. The van der Waals surface area contributed by atoms with Crippen LogP contribution >= 0.6 is 0 Å². The van der Waals surface area contributed by atoms with Gasteiger partial charge in [0.2, 0.25) is 0 Å². The summed E-state index contributed by atoms with van der Waals surface area (Å²) in [6.07, 6.45) is 11.1. The first-order valence-corrected chi connectivity index (χ1v) is 7.83. The van der Waals surface area contributed by atoms with Crippen molar-refractivity contribution in [3.8, 4) is 0 Å². The Morgan fingerprint density at radius 1 is 1.05 bits per heavy atom. The molecule has 1 aliphatic heterocycles. The standard InChI is InChI=1S/C18H23NO/c20-17-11-12-19(14-15-7-3-1-4-8-15)18(13-17)16-9-5-2-6-10-16/h1,3-4,7-8,11-12,16,18H,2,5-6,9-10,13-14H2. The Labute approximate surface area is 121 Å². The van der Waals surface area contributed by atoms with Crippen LogP contribution in [0.1, 0.15) is 44.1 Å². The van der Waals surface area contributed by atoms with E-state index in [0.717, 1.165) is 6.54 Å². The van der Waals surface area contributed by atoms with Gasteiger partial charge in [0.25, 0.3) is 0 Å². The molecule has 2 heteroatoms. The van der Waals surface area contributed by atoms with E-state index in [-0.39, 0.29) is 0 Å². The Morgan fingerprint density at radius 3 is 2.55 bits per heavy atom. The summed E-state index contributed by atoms with van der Waals surface area (Å²) < 4.78 is 0. The molecule has 0 aromatic heterocycles. The number of carbonyl (C=O) groups is 1. The maximum absolute atomic E-state index is 11.8. The average molecular weight is 269 g/mol. The van der Waals surface area contributed by atoms with Crippen LogP contribution in [0.5, 0.6) is 0 Å². The first kappa shape index (κ1) is 13.4. The van der Waals surface area contributed by atoms with E-state index in [2.05, 4.69) is 35.2 Å². The molecule has 1 aromatic rings. The van der Waals surface area contributed by atoms with Crippen molar-refractivity contribution in [1.29, 1.82) is 0 Å². The molecule has 1 heterocycles. The lowest BCUT2D eigenvalue weighted by molar-refractivity contribution is -0.117. The van der Waals surface area contributed by atoms with Crippen LogP contribution in [0.4, 0.5) is 0 Å². The van der Waals surface area contributed by atoms with E-state index in [1.54, 1.807) is 6.08 Å². The zero-order valence-electron chi connectivity index (χ0n) is 12.0. The van der Waals surface area contributed by atoms with Gasteiger partial charge in [-0.15, -0.1) is 0 Å². The first-order valence-electron chi connectivity index (χ1n) is 7.83. The predicted molar refractivity (Wildman–Crippen MR) is 81.1 cm³/mol. The van der Waals surface area contributed by atoms with Crippen LogP contribution in [0.2, 0.25) is 0 Å². The molecule has 2 aliphatic rings. The number of hydrogen-bond donors (Lipinski definition) is 0. The van der Waals surface area contributed by atoms with Crippen molar-refractivity contribution in [2.45, 2.75) is 51.1 Å². The smallest absolute Gasteiger partial charge is 0.159 e. The molecule has 2 nitrogen and oxygen atoms in total. The van der Waals surface area contributed by atoms with E-state index in [4.69, 9.17) is 0 Å². The molecule has 1 aromatic carbocycles. The van der Waals surface area contributed by atoms with Crippen molar-refractivity contribution >= 4 is 5.78 Å². The summed E-state index contributed by atoms with van der Waals surface area (Å²) in [5.74, 6) is 0.992. The third-order valence-electron chi connectivity index (χ3n) is 4.69. The van der Waals surface area contributed by atoms with Gasteiger partial charge in [-0.25, -0.2) is 0 Å². The predicted octanol–water partition coefficient (Wildman–Crippen LogP) is 3.92. The highest BCUT2D eigenvalue weighted by Gasteiger charge is 2.30. The topological polar surface area (TPSA) is 20.3 Å². The maximum Gasteiger partial charge on any atom is 0.159 e. The zero-order chi connectivity index (χ0) is 13.8.